The molecule has 2 bridgehead atoms. The van der Waals surface area contributed by atoms with Crippen LogP contribution in [0.3, 0.4) is 0 Å². The molecule has 2 aliphatic rings. The molecule has 9 heavy (non-hydrogen) atoms. The van der Waals surface area contributed by atoms with Crippen LogP contribution in [0, 0.1) is 0 Å². The van der Waals surface area contributed by atoms with Crippen molar-refractivity contribution in [2.45, 2.75) is 25.6 Å². The average molecular weight is 148 g/mol. The molecule has 2 aliphatic heterocycles. The van der Waals surface area contributed by atoms with E-state index in [0.717, 1.165) is 13.0 Å². The fourth-order valence-electron chi connectivity index (χ4n) is 1.05. The minimum absolute atomic E-state index is 0.237. The van der Waals surface area contributed by atoms with Gasteiger partial charge in [-0.25, -0.2) is 0 Å². The molecule has 0 N–H and O–H groups in total. The van der Waals surface area contributed by atoms with Gasteiger partial charge in [0.25, 0.3) is 0 Å². The lowest BCUT2D eigenvalue weighted by Crippen LogP contribution is -2.25. The molecule has 4 heteroatoms. The van der Waals surface area contributed by atoms with Crippen molar-refractivity contribution in [1.82, 2.24) is 0 Å². The zero-order valence-electron chi connectivity index (χ0n) is 5.24. The van der Waals surface area contributed by atoms with E-state index in [1.165, 1.54) is 0 Å². The molecule has 52 valence electrons. The van der Waals surface area contributed by atoms with E-state index in [-0.39, 0.29) is 6.10 Å². The van der Waals surface area contributed by atoms with Crippen LogP contribution in [-0.2, 0) is 13.6 Å². The smallest absolute Gasteiger partial charge is 0.309 e. The van der Waals surface area contributed by atoms with E-state index in [1.54, 1.807) is 0 Å². The maximum absolute atomic E-state index is 5.33. The molecule has 0 aliphatic carbocycles. The summed E-state index contributed by atoms with van der Waals surface area (Å²) >= 11 is 0. The Balaban J connectivity index is 2.01. The lowest BCUT2D eigenvalue weighted by atomic mass is 10.2. The highest BCUT2D eigenvalue weighted by atomic mass is 31.2. The Morgan fingerprint density at radius 2 is 2.44 bits per heavy atom. The van der Waals surface area contributed by atoms with Gasteiger partial charge in [0.05, 0.1) is 12.7 Å². The van der Waals surface area contributed by atoms with E-state index in [2.05, 4.69) is 6.92 Å². The molecule has 3 nitrogen and oxygen atoms in total. The standard InChI is InChI=1S/C5H9O3P/c1-2-4-5-3-6-9(7-4)8-5/h4-5H,2-3H2,1H3/t4-,5+,9?/m0/s1. The van der Waals surface area contributed by atoms with Crippen LogP contribution in [0.1, 0.15) is 13.3 Å². The zero-order chi connectivity index (χ0) is 6.27. The van der Waals surface area contributed by atoms with Crippen molar-refractivity contribution < 1.29 is 13.6 Å². The van der Waals surface area contributed by atoms with Crippen LogP contribution >= 0.6 is 8.60 Å². The number of rotatable bonds is 1. The van der Waals surface area contributed by atoms with Gasteiger partial charge in [-0.3, -0.25) is 0 Å². The molecule has 2 heterocycles. The Hall–Kier alpha value is 0.310. The molecule has 0 aromatic heterocycles. The molecule has 1 unspecified atom stereocenters. The predicted molar refractivity (Wildman–Crippen MR) is 32.9 cm³/mol. The molecular formula is C5H9O3P. The van der Waals surface area contributed by atoms with Crippen molar-refractivity contribution in [3.05, 3.63) is 0 Å². The Morgan fingerprint density at radius 3 is 2.78 bits per heavy atom. The molecule has 0 amide bonds. The molecule has 0 radical (unpaired) electrons. The van der Waals surface area contributed by atoms with Crippen molar-refractivity contribution in [3.8, 4) is 0 Å². The zero-order valence-corrected chi connectivity index (χ0v) is 6.14. The summed E-state index contributed by atoms with van der Waals surface area (Å²) in [7, 11) is -0.914. The van der Waals surface area contributed by atoms with E-state index >= 15 is 0 Å². The highest BCUT2D eigenvalue weighted by Crippen LogP contribution is 2.55. The molecule has 0 spiro atoms. The van der Waals surface area contributed by atoms with E-state index in [4.69, 9.17) is 13.6 Å². The van der Waals surface area contributed by atoms with Crippen molar-refractivity contribution in [2.24, 2.45) is 0 Å². The molecule has 2 rings (SSSR count). The van der Waals surface area contributed by atoms with Crippen LogP contribution in [0.2, 0.25) is 0 Å². The van der Waals surface area contributed by atoms with E-state index in [0.29, 0.717) is 6.10 Å². The highest BCUT2D eigenvalue weighted by molar-refractivity contribution is 7.42. The first-order valence-corrected chi connectivity index (χ1v) is 4.26. The minimum Gasteiger partial charge on any atom is -0.309 e. The maximum Gasteiger partial charge on any atom is 0.333 e. The summed E-state index contributed by atoms with van der Waals surface area (Å²) in [6.45, 7) is 2.84. The minimum atomic E-state index is -0.914. The molecule has 2 fully saturated rings. The summed E-state index contributed by atoms with van der Waals surface area (Å²) in [4.78, 5) is 0. The molecule has 0 aromatic carbocycles. The van der Waals surface area contributed by atoms with Gasteiger partial charge < -0.3 is 13.6 Å². The highest BCUT2D eigenvalue weighted by Gasteiger charge is 2.43. The fourth-order valence-corrected chi connectivity index (χ4v) is 2.42. The fraction of sp³-hybridized carbons (Fsp3) is 1.00. The van der Waals surface area contributed by atoms with Gasteiger partial charge in [-0.15, -0.1) is 0 Å². The van der Waals surface area contributed by atoms with Gasteiger partial charge in [0.2, 0.25) is 0 Å². The third-order valence-corrected chi connectivity index (χ3v) is 2.85. The van der Waals surface area contributed by atoms with Crippen molar-refractivity contribution in [1.29, 1.82) is 0 Å². The SMILES string of the molecule is CC[C@@H]1OP2OC[C@H]1O2. The van der Waals surface area contributed by atoms with Crippen LogP contribution < -0.4 is 0 Å². The van der Waals surface area contributed by atoms with Crippen molar-refractivity contribution >= 4 is 8.60 Å². The Morgan fingerprint density at radius 1 is 1.56 bits per heavy atom. The van der Waals surface area contributed by atoms with Gasteiger partial charge >= 0.3 is 8.60 Å². The van der Waals surface area contributed by atoms with E-state index < -0.39 is 8.60 Å². The van der Waals surface area contributed by atoms with Crippen molar-refractivity contribution in [3.63, 3.8) is 0 Å². The molecule has 0 aromatic rings. The number of fused-ring (bicyclic) bond motifs is 2. The van der Waals surface area contributed by atoms with E-state index in [9.17, 15) is 0 Å². The third-order valence-electron chi connectivity index (χ3n) is 1.60. The Kier molecular flexibility index (Phi) is 1.46. The summed E-state index contributed by atoms with van der Waals surface area (Å²) in [5.41, 5.74) is 0. The first-order chi connectivity index (χ1) is 4.40. The second-order valence-corrected chi connectivity index (χ2v) is 3.34. The maximum atomic E-state index is 5.33. The average Bonchev–Trinajstić information content (AvgIpc) is 2.45. The topological polar surface area (TPSA) is 27.7 Å². The molecule has 3 atom stereocenters. The van der Waals surface area contributed by atoms with Crippen LogP contribution in [-0.4, -0.2) is 18.8 Å². The van der Waals surface area contributed by atoms with Gasteiger partial charge in [-0.2, -0.15) is 0 Å². The van der Waals surface area contributed by atoms with Gasteiger partial charge in [0.15, 0.2) is 0 Å². The normalized spacial score (nSPS) is 48.3. The van der Waals surface area contributed by atoms with Crippen LogP contribution in [0.5, 0.6) is 0 Å². The Bertz CT molecular complexity index is 119. The van der Waals surface area contributed by atoms with E-state index in [1.807, 2.05) is 0 Å². The van der Waals surface area contributed by atoms with Gasteiger partial charge in [0, 0.05) is 0 Å². The summed E-state index contributed by atoms with van der Waals surface area (Å²) in [6.07, 6.45) is 1.58. The quantitative estimate of drug-likeness (QED) is 0.526. The second kappa shape index (κ2) is 2.17. The monoisotopic (exact) mass is 148 g/mol. The number of hydrogen-bond acceptors (Lipinski definition) is 3. The van der Waals surface area contributed by atoms with Crippen LogP contribution in [0.4, 0.5) is 0 Å². The summed E-state index contributed by atoms with van der Waals surface area (Å²) < 4.78 is 15.7. The molecular weight excluding hydrogens is 139 g/mol. The first kappa shape index (κ1) is 6.05. The van der Waals surface area contributed by atoms with Gasteiger partial charge in [0.1, 0.15) is 6.10 Å². The van der Waals surface area contributed by atoms with Gasteiger partial charge in [-0.05, 0) is 6.42 Å². The lowest BCUT2D eigenvalue weighted by molar-refractivity contribution is 0.0987. The second-order valence-electron chi connectivity index (χ2n) is 2.22. The predicted octanol–water partition coefficient (Wildman–Crippen LogP) is 1.44. The molecule has 2 saturated heterocycles. The third kappa shape index (κ3) is 0.887. The van der Waals surface area contributed by atoms with Crippen LogP contribution in [0.15, 0.2) is 0 Å². The van der Waals surface area contributed by atoms with Crippen molar-refractivity contribution in [2.75, 3.05) is 6.61 Å². The first-order valence-electron chi connectivity index (χ1n) is 3.16. The largest absolute Gasteiger partial charge is 0.333 e. The Labute approximate surface area is 55.3 Å². The molecule has 0 saturated carbocycles. The number of hydrogen-bond donors (Lipinski definition) is 0. The van der Waals surface area contributed by atoms with Crippen LogP contribution in [0.25, 0.3) is 0 Å². The summed E-state index contributed by atoms with van der Waals surface area (Å²) in [6, 6.07) is 0. The van der Waals surface area contributed by atoms with Gasteiger partial charge in [-0.1, -0.05) is 6.92 Å². The summed E-state index contributed by atoms with van der Waals surface area (Å²) in [5.74, 6) is 0. The summed E-state index contributed by atoms with van der Waals surface area (Å²) in [5, 5.41) is 0. The lowest BCUT2D eigenvalue weighted by Gasteiger charge is -2.14.